The van der Waals surface area contributed by atoms with Gasteiger partial charge in [-0.05, 0) is 44.4 Å². The number of nitrogens with zero attached hydrogens (tertiary/aromatic N) is 4. The molecule has 0 bridgehead atoms. The Balaban J connectivity index is 2.06. The highest BCUT2D eigenvalue weighted by Gasteiger charge is 2.15. The van der Waals surface area contributed by atoms with Crippen molar-refractivity contribution in [3.8, 4) is 0 Å². The van der Waals surface area contributed by atoms with Crippen LogP contribution in [0.2, 0.25) is 0 Å². The minimum atomic E-state index is 0.220. The Hall–Kier alpha value is -2.43. The maximum absolute atomic E-state index is 4.73. The number of nitrogens with one attached hydrogen (secondary N) is 1. The highest BCUT2D eigenvalue weighted by atomic mass is 15.3. The van der Waals surface area contributed by atoms with Crippen LogP contribution in [0.25, 0.3) is 5.65 Å². The van der Waals surface area contributed by atoms with E-state index in [0.29, 0.717) is 0 Å². The third-order valence-electron chi connectivity index (χ3n) is 4.31. The molecule has 5 heteroatoms. The minimum Gasteiger partial charge on any atom is -0.363 e. The molecule has 0 aliphatic rings. The average molecular weight is 309 g/mol. The third-order valence-corrected chi connectivity index (χ3v) is 4.31. The van der Waals surface area contributed by atoms with Crippen LogP contribution < -0.4 is 5.32 Å². The molecule has 0 saturated carbocycles. The van der Waals surface area contributed by atoms with Crippen LogP contribution in [0.1, 0.15) is 48.8 Å². The molecule has 1 atom stereocenters. The Morgan fingerprint density at radius 1 is 1.17 bits per heavy atom. The molecule has 5 nitrogen and oxygen atoms in total. The van der Waals surface area contributed by atoms with E-state index in [0.717, 1.165) is 41.3 Å². The molecule has 0 aliphatic carbocycles. The van der Waals surface area contributed by atoms with Crippen molar-refractivity contribution < 1.29 is 0 Å². The van der Waals surface area contributed by atoms with Crippen LogP contribution in [0.5, 0.6) is 0 Å². The molecular weight excluding hydrogens is 286 g/mol. The van der Waals surface area contributed by atoms with Crippen molar-refractivity contribution >= 4 is 11.5 Å². The summed E-state index contributed by atoms with van der Waals surface area (Å²) in [6.07, 6.45) is 5.55. The molecule has 0 amide bonds. The van der Waals surface area contributed by atoms with Gasteiger partial charge < -0.3 is 5.32 Å². The van der Waals surface area contributed by atoms with Gasteiger partial charge in [0, 0.05) is 29.7 Å². The molecule has 0 aromatic carbocycles. The first-order valence-electron chi connectivity index (χ1n) is 8.16. The number of rotatable bonds is 5. The summed E-state index contributed by atoms with van der Waals surface area (Å²) in [4.78, 5) is 8.84. The predicted molar refractivity (Wildman–Crippen MR) is 92.7 cm³/mol. The standard InChI is InChI=1S/C18H23N5/c1-5-15-11-17(23-18(20-15)12(3)13(4)22-23)21-16(6-2)14-7-9-19-10-8-14/h7-11,16,21H,5-6H2,1-4H3. The van der Waals surface area contributed by atoms with Gasteiger partial charge in [-0.1, -0.05) is 13.8 Å². The second-order valence-electron chi connectivity index (χ2n) is 5.82. The molecule has 0 spiro atoms. The van der Waals surface area contributed by atoms with E-state index in [1.807, 2.05) is 23.8 Å². The summed E-state index contributed by atoms with van der Waals surface area (Å²) in [5.74, 6) is 0.992. The number of aryl methyl sites for hydroxylation is 3. The zero-order chi connectivity index (χ0) is 16.4. The molecule has 0 aliphatic heterocycles. The van der Waals surface area contributed by atoms with Gasteiger partial charge in [0.2, 0.25) is 0 Å². The summed E-state index contributed by atoms with van der Waals surface area (Å²) < 4.78 is 1.92. The Morgan fingerprint density at radius 3 is 2.57 bits per heavy atom. The van der Waals surface area contributed by atoms with E-state index in [2.05, 4.69) is 54.4 Å². The van der Waals surface area contributed by atoms with E-state index in [-0.39, 0.29) is 6.04 Å². The van der Waals surface area contributed by atoms with Gasteiger partial charge in [0.15, 0.2) is 5.65 Å². The number of pyridine rings is 1. The topological polar surface area (TPSA) is 55.1 Å². The van der Waals surface area contributed by atoms with Crippen molar-refractivity contribution in [1.82, 2.24) is 19.6 Å². The van der Waals surface area contributed by atoms with Gasteiger partial charge >= 0.3 is 0 Å². The van der Waals surface area contributed by atoms with E-state index in [1.165, 1.54) is 5.56 Å². The lowest BCUT2D eigenvalue weighted by molar-refractivity contribution is 0.731. The van der Waals surface area contributed by atoms with Crippen molar-refractivity contribution in [3.05, 3.63) is 53.1 Å². The van der Waals surface area contributed by atoms with E-state index < -0.39 is 0 Å². The summed E-state index contributed by atoms with van der Waals surface area (Å²) in [5.41, 5.74) is 5.40. The summed E-state index contributed by atoms with van der Waals surface area (Å²) in [7, 11) is 0. The summed E-state index contributed by atoms with van der Waals surface area (Å²) in [5, 5.41) is 8.28. The van der Waals surface area contributed by atoms with Crippen LogP contribution in [-0.2, 0) is 6.42 Å². The van der Waals surface area contributed by atoms with Gasteiger partial charge in [0.05, 0.1) is 11.7 Å². The van der Waals surface area contributed by atoms with Gasteiger partial charge in [-0.3, -0.25) is 4.98 Å². The predicted octanol–water partition coefficient (Wildman–Crippen LogP) is 3.87. The van der Waals surface area contributed by atoms with Gasteiger partial charge in [0.1, 0.15) is 5.82 Å². The monoisotopic (exact) mass is 309 g/mol. The Kier molecular flexibility index (Phi) is 4.28. The van der Waals surface area contributed by atoms with Crippen LogP contribution in [-0.4, -0.2) is 19.6 Å². The molecule has 120 valence electrons. The highest BCUT2D eigenvalue weighted by Crippen LogP contribution is 2.25. The third kappa shape index (κ3) is 2.91. The highest BCUT2D eigenvalue weighted by molar-refractivity contribution is 5.56. The van der Waals surface area contributed by atoms with Gasteiger partial charge in [-0.25, -0.2) is 4.98 Å². The number of aromatic nitrogens is 4. The fourth-order valence-corrected chi connectivity index (χ4v) is 2.76. The molecule has 3 heterocycles. The largest absolute Gasteiger partial charge is 0.363 e. The number of anilines is 1. The first-order valence-corrected chi connectivity index (χ1v) is 8.16. The maximum Gasteiger partial charge on any atom is 0.160 e. The van der Waals surface area contributed by atoms with E-state index in [9.17, 15) is 0 Å². The Labute approximate surface area is 136 Å². The second kappa shape index (κ2) is 6.36. The number of hydrogen-bond donors (Lipinski definition) is 1. The van der Waals surface area contributed by atoms with Crippen LogP contribution >= 0.6 is 0 Å². The molecule has 1 unspecified atom stereocenters. The summed E-state index contributed by atoms with van der Waals surface area (Å²) in [6, 6.07) is 6.43. The summed E-state index contributed by atoms with van der Waals surface area (Å²) in [6.45, 7) is 8.41. The lowest BCUT2D eigenvalue weighted by Crippen LogP contribution is -2.14. The quantitative estimate of drug-likeness (QED) is 0.777. The van der Waals surface area contributed by atoms with Crippen LogP contribution in [0, 0.1) is 13.8 Å². The van der Waals surface area contributed by atoms with E-state index in [1.54, 1.807) is 0 Å². The van der Waals surface area contributed by atoms with Gasteiger partial charge in [0.25, 0.3) is 0 Å². The van der Waals surface area contributed by atoms with Gasteiger partial charge in [-0.2, -0.15) is 9.61 Å². The Morgan fingerprint density at radius 2 is 1.91 bits per heavy atom. The van der Waals surface area contributed by atoms with Gasteiger partial charge in [-0.15, -0.1) is 0 Å². The number of fused-ring (bicyclic) bond motifs is 1. The first kappa shape index (κ1) is 15.5. The molecule has 3 aromatic heterocycles. The lowest BCUT2D eigenvalue weighted by Gasteiger charge is -2.19. The van der Waals surface area contributed by atoms with Crippen molar-refractivity contribution in [1.29, 1.82) is 0 Å². The van der Waals surface area contributed by atoms with Crippen molar-refractivity contribution in [2.45, 2.75) is 46.6 Å². The average Bonchev–Trinajstić information content (AvgIpc) is 2.88. The van der Waals surface area contributed by atoms with Crippen LogP contribution in [0.3, 0.4) is 0 Å². The van der Waals surface area contributed by atoms with Crippen molar-refractivity contribution in [3.63, 3.8) is 0 Å². The summed E-state index contributed by atoms with van der Waals surface area (Å²) >= 11 is 0. The zero-order valence-electron chi connectivity index (χ0n) is 14.2. The lowest BCUT2D eigenvalue weighted by atomic mass is 10.1. The fourth-order valence-electron chi connectivity index (χ4n) is 2.76. The second-order valence-corrected chi connectivity index (χ2v) is 5.82. The molecule has 0 radical (unpaired) electrons. The molecule has 0 saturated heterocycles. The molecule has 3 rings (SSSR count). The van der Waals surface area contributed by atoms with Crippen LogP contribution in [0.4, 0.5) is 5.82 Å². The Bertz CT molecular complexity index is 807. The van der Waals surface area contributed by atoms with Crippen molar-refractivity contribution in [2.24, 2.45) is 0 Å². The fraction of sp³-hybridized carbons (Fsp3) is 0.389. The SMILES string of the molecule is CCc1cc(NC(CC)c2ccncc2)n2nc(C)c(C)c2n1. The van der Waals surface area contributed by atoms with E-state index >= 15 is 0 Å². The molecule has 3 aromatic rings. The van der Waals surface area contributed by atoms with Crippen molar-refractivity contribution in [2.75, 3.05) is 5.32 Å². The molecular formula is C18H23N5. The molecule has 23 heavy (non-hydrogen) atoms. The zero-order valence-corrected chi connectivity index (χ0v) is 14.2. The van der Waals surface area contributed by atoms with E-state index in [4.69, 9.17) is 4.98 Å². The van der Waals surface area contributed by atoms with Crippen LogP contribution in [0.15, 0.2) is 30.6 Å². The minimum absolute atomic E-state index is 0.220. The maximum atomic E-state index is 4.73. The smallest absolute Gasteiger partial charge is 0.160 e. The molecule has 0 fully saturated rings. The molecule has 1 N–H and O–H groups in total. The normalized spacial score (nSPS) is 12.5. The first-order chi connectivity index (χ1) is 11.1. The number of hydrogen-bond acceptors (Lipinski definition) is 4.